The first kappa shape index (κ1) is 11.8. The zero-order valence-corrected chi connectivity index (χ0v) is 11.3. The van der Waals surface area contributed by atoms with Crippen LogP contribution in [0.5, 0.6) is 0 Å². The standard InChI is InChI=1S/C15H17ClN2/c1-10(11-5-4-6-12(16)9-11)15-13-7-2-3-8-14(13)17-18-15/h4-6,9-10H,2-3,7-8H2,1H3,(H,17,18). The van der Waals surface area contributed by atoms with Crippen molar-refractivity contribution < 1.29 is 0 Å². The van der Waals surface area contributed by atoms with Crippen LogP contribution in [-0.2, 0) is 12.8 Å². The number of fused-ring (bicyclic) bond motifs is 1. The van der Waals surface area contributed by atoms with Gasteiger partial charge in [0, 0.05) is 16.6 Å². The summed E-state index contributed by atoms with van der Waals surface area (Å²) in [5, 5.41) is 8.54. The molecular formula is C15H17ClN2. The van der Waals surface area contributed by atoms with E-state index in [-0.39, 0.29) is 0 Å². The van der Waals surface area contributed by atoms with Crippen molar-refractivity contribution in [3.8, 4) is 0 Å². The fourth-order valence-corrected chi connectivity index (χ4v) is 3.00. The highest BCUT2D eigenvalue weighted by Crippen LogP contribution is 2.31. The second-order valence-corrected chi connectivity index (χ2v) is 5.49. The Morgan fingerprint density at radius 1 is 1.28 bits per heavy atom. The van der Waals surface area contributed by atoms with E-state index >= 15 is 0 Å². The molecule has 0 radical (unpaired) electrons. The molecule has 2 nitrogen and oxygen atoms in total. The van der Waals surface area contributed by atoms with Crippen molar-refractivity contribution in [3.63, 3.8) is 0 Å². The Morgan fingerprint density at radius 2 is 2.11 bits per heavy atom. The maximum atomic E-state index is 6.07. The minimum Gasteiger partial charge on any atom is -0.282 e. The summed E-state index contributed by atoms with van der Waals surface area (Å²) in [5.41, 5.74) is 5.22. The third kappa shape index (κ3) is 2.05. The van der Waals surface area contributed by atoms with Gasteiger partial charge in [0.1, 0.15) is 0 Å². The molecule has 1 aliphatic rings. The van der Waals surface area contributed by atoms with Crippen LogP contribution in [0.3, 0.4) is 0 Å². The average molecular weight is 261 g/mol. The molecule has 0 fully saturated rings. The smallest absolute Gasteiger partial charge is 0.0728 e. The number of benzene rings is 1. The summed E-state index contributed by atoms with van der Waals surface area (Å²) in [6, 6.07) is 8.08. The van der Waals surface area contributed by atoms with Crippen molar-refractivity contribution in [1.82, 2.24) is 10.2 Å². The summed E-state index contributed by atoms with van der Waals surface area (Å²) < 4.78 is 0. The minimum absolute atomic E-state index is 0.307. The lowest BCUT2D eigenvalue weighted by Crippen LogP contribution is -2.05. The highest BCUT2D eigenvalue weighted by atomic mass is 35.5. The second kappa shape index (κ2) is 4.77. The van der Waals surface area contributed by atoms with Crippen molar-refractivity contribution in [2.24, 2.45) is 0 Å². The Morgan fingerprint density at radius 3 is 2.94 bits per heavy atom. The van der Waals surface area contributed by atoms with Crippen LogP contribution in [0.25, 0.3) is 0 Å². The first-order valence-corrected chi connectivity index (χ1v) is 6.95. The molecule has 0 amide bonds. The highest BCUT2D eigenvalue weighted by Gasteiger charge is 2.21. The summed E-state index contributed by atoms with van der Waals surface area (Å²) in [6.45, 7) is 2.21. The summed E-state index contributed by atoms with van der Waals surface area (Å²) in [6.07, 6.45) is 4.86. The molecule has 0 saturated carbocycles. The molecule has 0 bridgehead atoms. The van der Waals surface area contributed by atoms with Crippen LogP contribution in [-0.4, -0.2) is 10.2 Å². The van der Waals surface area contributed by atoms with Crippen LogP contribution in [0.4, 0.5) is 0 Å². The van der Waals surface area contributed by atoms with Gasteiger partial charge in [0.2, 0.25) is 0 Å². The van der Waals surface area contributed by atoms with Gasteiger partial charge in [-0.1, -0.05) is 30.7 Å². The number of aromatic nitrogens is 2. The van der Waals surface area contributed by atoms with Crippen molar-refractivity contribution >= 4 is 11.6 Å². The van der Waals surface area contributed by atoms with Crippen LogP contribution in [0.1, 0.15) is 48.2 Å². The molecule has 1 N–H and O–H groups in total. The van der Waals surface area contributed by atoms with Crippen LogP contribution >= 0.6 is 11.6 Å². The van der Waals surface area contributed by atoms with E-state index in [1.807, 2.05) is 18.2 Å². The second-order valence-electron chi connectivity index (χ2n) is 5.05. The normalized spacial score (nSPS) is 16.3. The van der Waals surface area contributed by atoms with Gasteiger partial charge < -0.3 is 0 Å². The molecule has 3 heteroatoms. The number of hydrogen-bond donors (Lipinski definition) is 1. The van der Waals surface area contributed by atoms with E-state index in [9.17, 15) is 0 Å². The van der Waals surface area contributed by atoms with E-state index in [4.69, 9.17) is 11.6 Å². The molecule has 1 aliphatic carbocycles. The van der Waals surface area contributed by atoms with Crippen molar-refractivity contribution in [1.29, 1.82) is 0 Å². The first-order chi connectivity index (χ1) is 8.75. The fraction of sp³-hybridized carbons (Fsp3) is 0.400. The summed E-state index contributed by atoms with van der Waals surface area (Å²) in [7, 11) is 0. The van der Waals surface area contributed by atoms with Crippen molar-refractivity contribution in [2.75, 3.05) is 0 Å². The van der Waals surface area contributed by atoms with Crippen LogP contribution in [0.2, 0.25) is 5.02 Å². The lowest BCUT2D eigenvalue weighted by Gasteiger charge is -2.15. The predicted octanol–water partition coefficient (Wildman–Crippen LogP) is 4.09. The molecule has 3 rings (SSSR count). The lowest BCUT2D eigenvalue weighted by molar-refractivity contribution is 0.670. The van der Waals surface area contributed by atoms with E-state index in [0.717, 1.165) is 17.9 Å². The van der Waals surface area contributed by atoms with Gasteiger partial charge in [-0.15, -0.1) is 0 Å². The van der Waals surface area contributed by atoms with Crippen LogP contribution in [0, 0.1) is 0 Å². The Kier molecular flexibility index (Phi) is 3.13. The number of aryl methyl sites for hydroxylation is 1. The monoisotopic (exact) mass is 260 g/mol. The number of rotatable bonds is 2. The molecule has 94 valence electrons. The first-order valence-electron chi connectivity index (χ1n) is 6.57. The molecule has 1 heterocycles. The summed E-state index contributed by atoms with van der Waals surface area (Å²) in [4.78, 5) is 0. The van der Waals surface area contributed by atoms with Crippen molar-refractivity contribution in [2.45, 2.75) is 38.5 Å². The third-order valence-corrected chi connectivity index (χ3v) is 4.08. The molecule has 2 aromatic rings. The van der Waals surface area contributed by atoms with Gasteiger partial charge in [-0.2, -0.15) is 5.10 Å². The molecule has 1 aromatic heterocycles. The van der Waals surface area contributed by atoms with E-state index in [0.29, 0.717) is 5.92 Å². The molecule has 1 aromatic carbocycles. The topological polar surface area (TPSA) is 28.7 Å². The molecule has 1 unspecified atom stereocenters. The number of nitrogens with zero attached hydrogens (tertiary/aromatic N) is 1. The summed E-state index contributed by atoms with van der Waals surface area (Å²) in [5.74, 6) is 0.307. The molecule has 0 saturated heterocycles. The summed E-state index contributed by atoms with van der Waals surface area (Å²) >= 11 is 6.07. The molecule has 0 aliphatic heterocycles. The van der Waals surface area contributed by atoms with E-state index in [1.165, 1.54) is 35.4 Å². The quantitative estimate of drug-likeness (QED) is 0.866. The Bertz CT molecular complexity index is 559. The number of halogens is 1. The van der Waals surface area contributed by atoms with Crippen LogP contribution in [0.15, 0.2) is 24.3 Å². The number of aromatic amines is 1. The van der Waals surface area contributed by atoms with Gasteiger partial charge in [-0.05, 0) is 48.9 Å². The Balaban J connectivity index is 1.97. The van der Waals surface area contributed by atoms with E-state index in [2.05, 4.69) is 23.2 Å². The molecule has 18 heavy (non-hydrogen) atoms. The van der Waals surface area contributed by atoms with Gasteiger partial charge in [-0.3, -0.25) is 5.10 Å². The largest absolute Gasteiger partial charge is 0.282 e. The van der Waals surface area contributed by atoms with E-state index < -0.39 is 0 Å². The Hall–Kier alpha value is -1.28. The number of nitrogens with one attached hydrogen (secondary N) is 1. The molecule has 1 atom stereocenters. The average Bonchev–Trinajstić information content (AvgIpc) is 2.82. The van der Waals surface area contributed by atoms with E-state index in [1.54, 1.807) is 0 Å². The van der Waals surface area contributed by atoms with Gasteiger partial charge in [-0.25, -0.2) is 0 Å². The third-order valence-electron chi connectivity index (χ3n) is 3.85. The highest BCUT2D eigenvalue weighted by molar-refractivity contribution is 6.30. The maximum absolute atomic E-state index is 6.07. The van der Waals surface area contributed by atoms with Gasteiger partial charge in [0.15, 0.2) is 0 Å². The zero-order chi connectivity index (χ0) is 12.5. The van der Waals surface area contributed by atoms with Gasteiger partial charge in [0.05, 0.1) is 5.69 Å². The maximum Gasteiger partial charge on any atom is 0.0728 e. The van der Waals surface area contributed by atoms with Gasteiger partial charge in [0.25, 0.3) is 0 Å². The lowest BCUT2D eigenvalue weighted by atomic mass is 9.89. The molecule has 0 spiro atoms. The molecular weight excluding hydrogens is 244 g/mol. The SMILES string of the molecule is CC(c1cccc(Cl)c1)c1n[nH]c2c1CCCC2. The van der Waals surface area contributed by atoms with Crippen molar-refractivity contribution in [3.05, 3.63) is 51.8 Å². The van der Waals surface area contributed by atoms with Gasteiger partial charge >= 0.3 is 0 Å². The fourth-order valence-electron chi connectivity index (χ4n) is 2.80. The zero-order valence-electron chi connectivity index (χ0n) is 10.5. The number of hydrogen-bond acceptors (Lipinski definition) is 1. The number of H-pyrrole nitrogens is 1. The Labute approximate surface area is 112 Å². The minimum atomic E-state index is 0.307. The van der Waals surface area contributed by atoms with Crippen LogP contribution < -0.4 is 0 Å². The predicted molar refractivity (Wildman–Crippen MR) is 74.2 cm³/mol.